The maximum atomic E-state index is 2.49. The van der Waals surface area contributed by atoms with Crippen molar-refractivity contribution in [2.75, 3.05) is 4.90 Å². The van der Waals surface area contributed by atoms with Crippen LogP contribution in [0.4, 0.5) is 17.1 Å². The van der Waals surface area contributed by atoms with Crippen LogP contribution in [0.15, 0.2) is 212 Å². The summed E-state index contributed by atoms with van der Waals surface area (Å²) in [6.07, 6.45) is 0. The van der Waals surface area contributed by atoms with Gasteiger partial charge in [0.15, 0.2) is 0 Å². The van der Waals surface area contributed by atoms with Gasteiger partial charge in [-0.25, -0.2) is 0 Å². The predicted octanol–water partition coefficient (Wildman–Crippen LogP) is 16.0. The van der Waals surface area contributed by atoms with E-state index in [9.17, 15) is 0 Å². The van der Waals surface area contributed by atoms with Crippen LogP contribution in [0.25, 0.3) is 55.6 Å². The van der Waals surface area contributed by atoms with E-state index in [-0.39, 0.29) is 14.3 Å². The minimum atomic E-state index is -0.405. The average molecular weight is 770 g/mol. The van der Waals surface area contributed by atoms with Crippen LogP contribution in [-0.4, -0.2) is 0 Å². The predicted molar refractivity (Wildman–Crippen MR) is 255 cm³/mol. The number of hydrogen-bond acceptors (Lipinski definition) is 1. The topological polar surface area (TPSA) is 3.24 Å². The monoisotopic (exact) mass is 769 g/mol. The lowest BCUT2D eigenvalue weighted by atomic mass is 9.70. The highest BCUT2D eigenvalue weighted by molar-refractivity contribution is 6.02. The van der Waals surface area contributed by atoms with Gasteiger partial charge in [-0.1, -0.05) is 203 Å². The van der Waals surface area contributed by atoms with E-state index in [4.69, 9.17) is 0 Å². The number of anilines is 3. The first kappa shape index (κ1) is 35.9. The fourth-order valence-corrected chi connectivity index (χ4v) is 11.0. The minimum absolute atomic E-state index is 0. The molecule has 0 aromatic heterocycles. The van der Waals surface area contributed by atoms with E-state index in [0.29, 0.717) is 0 Å². The number of fused-ring (bicyclic) bond motifs is 13. The van der Waals surface area contributed by atoms with Crippen molar-refractivity contribution in [2.45, 2.75) is 32.1 Å². The summed E-state index contributed by atoms with van der Waals surface area (Å²) >= 11 is 0. The van der Waals surface area contributed by atoms with Crippen LogP contribution in [0.5, 0.6) is 0 Å². The van der Waals surface area contributed by atoms with E-state index < -0.39 is 5.41 Å². The minimum Gasteiger partial charge on any atom is -0.310 e. The lowest BCUT2D eigenvalue weighted by molar-refractivity contribution is 0.660. The number of para-hydroxylation sites is 1. The summed E-state index contributed by atoms with van der Waals surface area (Å²) in [5.41, 5.74) is 23.8. The molecule has 0 radical (unpaired) electrons. The van der Waals surface area contributed by atoms with Crippen molar-refractivity contribution in [3.8, 4) is 55.6 Å². The van der Waals surface area contributed by atoms with Gasteiger partial charge in [-0.3, -0.25) is 0 Å². The largest absolute Gasteiger partial charge is 0.310 e. The molecule has 0 unspecified atom stereocenters. The first-order valence-electron chi connectivity index (χ1n) is 20.8. The molecular formula is C59H47N. The molecular weight excluding hydrogens is 723 g/mol. The number of benzene rings is 9. The molecule has 288 valence electrons. The van der Waals surface area contributed by atoms with E-state index in [1.54, 1.807) is 0 Å². The zero-order chi connectivity index (χ0) is 39.3. The number of nitrogens with zero attached hydrogens (tertiary/aromatic N) is 1. The second kappa shape index (κ2) is 13.4. The molecule has 0 aliphatic heterocycles. The third-order valence-electron chi connectivity index (χ3n) is 13.5. The Morgan fingerprint density at radius 1 is 0.333 bits per heavy atom. The van der Waals surface area contributed by atoms with E-state index in [1.165, 1.54) is 89.0 Å². The summed E-state index contributed by atoms with van der Waals surface area (Å²) < 4.78 is 0. The summed E-state index contributed by atoms with van der Waals surface area (Å²) in [6, 6.07) is 79.1. The smallest absolute Gasteiger partial charge is 0.0725 e. The molecule has 1 heteroatoms. The van der Waals surface area contributed by atoms with Gasteiger partial charge >= 0.3 is 0 Å². The normalized spacial score (nSPS) is 14.0. The zero-order valence-corrected chi connectivity index (χ0v) is 33.2. The van der Waals surface area contributed by atoms with Gasteiger partial charge in [0.2, 0.25) is 0 Å². The van der Waals surface area contributed by atoms with E-state index in [2.05, 4.69) is 231 Å². The highest BCUT2D eigenvalue weighted by Crippen LogP contribution is 2.64. The molecule has 0 saturated heterocycles. The van der Waals surface area contributed by atoms with Crippen molar-refractivity contribution in [3.63, 3.8) is 0 Å². The van der Waals surface area contributed by atoms with Crippen molar-refractivity contribution < 1.29 is 1.43 Å². The van der Waals surface area contributed by atoms with Crippen LogP contribution in [-0.2, 0) is 10.8 Å². The van der Waals surface area contributed by atoms with Gasteiger partial charge in [0, 0.05) is 23.8 Å². The molecule has 0 heterocycles. The Morgan fingerprint density at radius 2 is 0.783 bits per heavy atom. The van der Waals surface area contributed by atoms with Gasteiger partial charge in [0.05, 0.1) is 11.1 Å². The molecule has 0 atom stereocenters. The highest BCUT2D eigenvalue weighted by atomic mass is 15.1. The summed E-state index contributed by atoms with van der Waals surface area (Å²) in [7, 11) is 0. The summed E-state index contributed by atoms with van der Waals surface area (Å²) in [6.45, 7) is 4.74. The van der Waals surface area contributed by atoms with Gasteiger partial charge in [-0.2, -0.15) is 0 Å². The molecule has 0 saturated carbocycles. The van der Waals surface area contributed by atoms with Gasteiger partial charge < -0.3 is 4.90 Å². The van der Waals surface area contributed by atoms with Crippen LogP contribution < -0.4 is 4.90 Å². The van der Waals surface area contributed by atoms with Crippen molar-refractivity contribution in [2.24, 2.45) is 0 Å². The molecule has 12 rings (SSSR count). The lowest BCUT2D eigenvalue weighted by Gasteiger charge is -2.31. The third kappa shape index (κ3) is 4.87. The first-order valence-corrected chi connectivity index (χ1v) is 20.8. The quantitative estimate of drug-likeness (QED) is 0.169. The van der Waals surface area contributed by atoms with Crippen LogP contribution in [0.1, 0.15) is 56.1 Å². The van der Waals surface area contributed by atoms with Crippen LogP contribution in [0.3, 0.4) is 0 Å². The van der Waals surface area contributed by atoms with Crippen LogP contribution >= 0.6 is 0 Å². The highest BCUT2D eigenvalue weighted by Gasteiger charge is 2.52. The van der Waals surface area contributed by atoms with Crippen molar-refractivity contribution in [3.05, 3.63) is 246 Å². The van der Waals surface area contributed by atoms with E-state index in [1.807, 2.05) is 0 Å². The van der Waals surface area contributed by atoms with Gasteiger partial charge in [-0.05, 0) is 114 Å². The fraction of sp³-hybridized carbons (Fsp3) is 0.0847. The molecule has 9 aromatic rings. The lowest BCUT2D eigenvalue weighted by Crippen LogP contribution is -2.25. The Labute approximate surface area is 355 Å². The standard InChI is InChI=1S/C58H41N.CH4.H2/c1-57(2)49-25-11-6-19-42(49)45-36-35-41(37-54(45)57)59(40-33-31-39(32-34-40)38-17-4-3-5-18-38)55-30-15-10-22-46(55)47-24-16-29-53-56(47)48-23-9-14-28-52(48)58(53)50-26-12-7-20-43(50)44-21-8-13-27-51(44)58;;/h3-37H,1-2H3;1H4;1H. The molecule has 1 spiro atoms. The number of rotatable bonds is 5. The molecule has 1 nitrogen and oxygen atoms in total. The van der Waals surface area contributed by atoms with E-state index in [0.717, 1.165) is 17.1 Å². The average Bonchev–Trinajstić information content (AvgIpc) is 3.86. The van der Waals surface area contributed by atoms with Crippen molar-refractivity contribution >= 4 is 17.1 Å². The summed E-state index contributed by atoms with van der Waals surface area (Å²) in [4.78, 5) is 2.49. The maximum absolute atomic E-state index is 2.49. The summed E-state index contributed by atoms with van der Waals surface area (Å²) in [5, 5.41) is 0. The van der Waals surface area contributed by atoms with Gasteiger partial charge in [-0.15, -0.1) is 0 Å². The molecule has 3 aliphatic rings. The van der Waals surface area contributed by atoms with Gasteiger partial charge in [0.1, 0.15) is 0 Å². The zero-order valence-electron chi connectivity index (χ0n) is 33.2. The fourth-order valence-electron chi connectivity index (χ4n) is 11.0. The van der Waals surface area contributed by atoms with Crippen molar-refractivity contribution in [1.82, 2.24) is 0 Å². The number of hydrogen-bond donors (Lipinski definition) is 0. The molecule has 0 fully saturated rings. The molecule has 0 amide bonds. The van der Waals surface area contributed by atoms with Crippen LogP contribution in [0, 0.1) is 0 Å². The molecule has 0 bridgehead atoms. The van der Waals surface area contributed by atoms with E-state index >= 15 is 0 Å². The van der Waals surface area contributed by atoms with Crippen molar-refractivity contribution in [1.29, 1.82) is 0 Å². The summed E-state index contributed by atoms with van der Waals surface area (Å²) in [5.74, 6) is 0. The SMILES string of the molecule is C.CC1(C)c2ccccc2-c2ccc(N(c3ccc(-c4ccccc4)cc3)c3ccccc3-c3cccc4c3-c3ccccc3C43c4ccccc4-c4ccccc43)cc21.[HH]. The maximum Gasteiger partial charge on any atom is 0.0725 e. The Kier molecular flexibility index (Phi) is 8.03. The van der Waals surface area contributed by atoms with Gasteiger partial charge in [0.25, 0.3) is 0 Å². The Bertz CT molecular complexity index is 3090. The molecule has 3 aliphatic carbocycles. The second-order valence-electron chi connectivity index (χ2n) is 16.8. The first-order chi connectivity index (χ1) is 29.0. The molecule has 0 N–H and O–H groups in total. The Balaban J connectivity index is 0.00000223. The molecule has 9 aromatic carbocycles. The molecule has 60 heavy (non-hydrogen) atoms. The Morgan fingerprint density at radius 3 is 1.45 bits per heavy atom. The second-order valence-corrected chi connectivity index (χ2v) is 16.8. The van der Waals surface area contributed by atoms with Crippen LogP contribution in [0.2, 0.25) is 0 Å². The third-order valence-corrected chi connectivity index (χ3v) is 13.5. The Hall–Kier alpha value is -7.22.